The molecule has 1 saturated heterocycles. The van der Waals surface area contributed by atoms with E-state index in [9.17, 15) is 19.8 Å². The highest BCUT2D eigenvalue weighted by atomic mass is 16.5. The van der Waals surface area contributed by atoms with Gasteiger partial charge in [-0.2, -0.15) is 0 Å². The lowest BCUT2D eigenvalue weighted by Crippen LogP contribution is -2.48. The number of hydrogen-bond acceptors (Lipinski definition) is 4. The maximum atomic E-state index is 12.8. The third-order valence-electron chi connectivity index (χ3n) is 4.50. The number of rotatable bonds is 5. The number of phenolic OH excluding ortho intramolecular Hbond substituents is 1. The summed E-state index contributed by atoms with van der Waals surface area (Å²) in [5.74, 6) is -1.25. The van der Waals surface area contributed by atoms with Crippen molar-refractivity contribution in [2.45, 2.75) is 31.9 Å². The van der Waals surface area contributed by atoms with Gasteiger partial charge in [-0.3, -0.25) is 4.79 Å². The molecule has 1 unspecified atom stereocenters. The third-order valence-corrected chi connectivity index (χ3v) is 4.50. The van der Waals surface area contributed by atoms with Crippen LogP contribution in [0.2, 0.25) is 0 Å². The second-order valence-electron chi connectivity index (χ2n) is 6.30. The minimum Gasteiger partial charge on any atom is -0.507 e. The molecule has 1 aliphatic rings. The standard InChI is InChI=1S/C20H21NO5/c22-18-10-9-15(26-13-14-6-2-1-3-7-14)12-16(18)19(23)21-11-5-4-8-17(21)20(24)25/h1-3,6-7,9-10,12,17,22H,4-5,8,11,13H2,(H,24,25). The van der Waals surface area contributed by atoms with Gasteiger partial charge >= 0.3 is 5.97 Å². The summed E-state index contributed by atoms with van der Waals surface area (Å²) in [5.41, 5.74) is 1.04. The Kier molecular flexibility index (Phi) is 5.41. The summed E-state index contributed by atoms with van der Waals surface area (Å²) in [7, 11) is 0. The predicted octanol–water partition coefficient (Wildman–Crippen LogP) is 3.05. The number of piperidine rings is 1. The first-order valence-corrected chi connectivity index (χ1v) is 8.60. The Labute approximate surface area is 151 Å². The number of benzene rings is 2. The van der Waals surface area contributed by atoms with Gasteiger partial charge in [0, 0.05) is 6.54 Å². The molecule has 1 heterocycles. The van der Waals surface area contributed by atoms with Gasteiger partial charge in [-0.05, 0) is 43.0 Å². The van der Waals surface area contributed by atoms with Crippen LogP contribution in [0.15, 0.2) is 48.5 Å². The molecule has 2 N–H and O–H groups in total. The zero-order valence-corrected chi connectivity index (χ0v) is 14.3. The van der Waals surface area contributed by atoms with E-state index in [0.717, 1.165) is 18.4 Å². The van der Waals surface area contributed by atoms with Crippen molar-refractivity contribution in [1.82, 2.24) is 4.90 Å². The Morgan fingerprint density at radius 3 is 2.62 bits per heavy atom. The SMILES string of the molecule is O=C(O)C1CCCCN1C(=O)c1cc(OCc2ccccc2)ccc1O. The van der Waals surface area contributed by atoms with Crippen LogP contribution in [0.1, 0.15) is 35.2 Å². The number of nitrogens with zero attached hydrogens (tertiary/aromatic N) is 1. The van der Waals surface area contributed by atoms with Gasteiger partial charge in [-0.25, -0.2) is 4.79 Å². The van der Waals surface area contributed by atoms with Gasteiger partial charge in [0.2, 0.25) is 0 Å². The molecule has 6 heteroatoms. The number of carbonyl (C=O) groups excluding carboxylic acids is 1. The highest BCUT2D eigenvalue weighted by molar-refractivity contribution is 5.99. The zero-order valence-electron chi connectivity index (χ0n) is 14.3. The summed E-state index contributed by atoms with van der Waals surface area (Å²) in [6.07, 6.45) is 1.94. The maximum absolute atomic E-state index is 12.8. The van der Waals surface area contributed by atoms with E-state index in [0.29, 0.717) is 25.3 Å². The third kappa shape index (κ3) is 3.96. The number of carboxylic acid groups (broad SMARTS) is 1. The fraction of sp³-hybridized carbons (Fsp3) is 0.300. The second-order valence-corrected chi connectivity index (χ2v) is 6.30. The topological polar surface area (TPSA) is 87.1 Å². The van der Waals surface area contributed by atoms with Crippen LogP contribution in [-0.2, 0) is 11.4 Å². The van der Waals surface area contributed by atoms with Crippen molar-refractivity contribution in [2.24, 2.45) is 0 Å². The Hall–Kier alpha value is -3.02. The molecule has 0 saturated carbocycles. The first-order chi connectivity index (χ1) is 12.6. The van der Waals surface area contributed by atoms with Crippen molar-refractivity contribution in [3.05, 3.63) is 59.7 Å². The van der Waals surface area contributed by atoms with E-state index in [4.69, 9.17) is 4.74 Å². The van der Waals surface area contributed by atoms with Gasteiger partial charge < -0.3 is 19.8 Å². The molecule has 3 rings (SSSR count). The van der Waals surface area contributed by atoms with Gasteiger partial charge in [0.25, 0.3) is 5.91 Å². The lowest BCUT2D eigenvalue weighted by atomic mass is 10.0. The first-order valence-electron chi connectivity index (χ1n) is 8.60. The van der Waals surface area contributed by atoms with Gasteiger partial charge in [-0.15, -0.1) is 0 Å². The second kappa shape index (κ2) is 7.91. The molecule has 0 aliphatic carbocycles. The summed E-state index contributed by atoms with van der Waals surface area (Å²) >= 11 is 0. The molecular formula is C20H21NO5. The normalized spacial score (nSPS) is 16.9. The molecule has 1 aliphatic heterocycles. The number of likely N-dealkylation sites (tertiary alicyclic amines) is 1. The van der Waals surface area contributed by atoms with E-state index in [-0.39, 0.29) is 11.3 Å². The van der Waals surface area contributed by atoms with E-state index < -0.39 is 17.9 Å². The molecule has 26 heavy (non-hydrogen) atoms. The van der Waals surface area contributed by atoms with Crippen LogP contribution in [0, 0.1) is 0 Å². The largest absolute Gasteiger partial charge is 0.507 e. The monoisotopic (exact) mass is 355 g/mol. The number of phenols is 1. The van der Waals surface area contributed by atoms with Crippen molar-refractivity contribution >= 4 is 11.9 Å². The van der Waals surface area contributed by atoms with Gasteiger partial charge in [0.1, 0.15) is 24.1 Å². The fourth-order valence-corrected chi connectivity index (χ4v) is 3.10. The molecule has 136 valence electrons. The summed E-state index contributed by atoms with van der Waals surface area (Å²) in [6, 6.07) is 13.2. The number of carboxylic acids is 1. The number of carbonyl (C=O) groups is 2. The van der Waals surface area contributed by atoms with E-state index in [1.165, 1.54) is 17.0 Å². The predicted molar refractivity (Wildman–Crippen MR) is 95.2 cm³/mol. The maximum Gasteiger partial charge on any atom is 0.326 e. The number of hydrogen-bond donors (Lipinski definition) is 2. The molecular weight excluding hydrogens is 334 g/mol. The molecule has 0 radical (unpaired) electrons. The van der Waals surface area contributed by atoms with E-state index in [2.05, 4.69) is 0 Å². The zero-order chi connectivity index (χ0) is 18.5. The van der Waals surface area contributed by atoms with Crippen molar-refractivity contribution in [3.8, 4) is 11.5 Å². The van der Waals surface area contributed by atoms with Gasteiger partial charge in [0.15, 0.2) is 0 Å². The average Bonchev–Trinajstić information content (AvgIpc) is 2.67. The van der Waals surface area contributed by atoms with Crippen LogP contribution in [0.4, 0.5) is 0 Å². The Bertz CT molecular complexity index is 790. The number of aromatic hydroxyl groups is 1. The fourth-order valence-electron chi connectivity index (χ4n) is 3.10. The van der Waals surface area contributed by atoms with Crippen molar-refractivity contribution in [2.75, 3.05) is 6.54 Å². The molecule has 1 amide bonds. The van der Waals surface area contributed by atoms with Crippen molar-refractivity contribution in [1.29, 1.82) is 0 Å². The van der Waals surface area contributed by atoms with Crippen LogP contribution >= 0.6 is 0 Å². The van der Waals surface area contributed by atoms with Crippen LogP contribution in [0.25, 0.3) is 0 Å². The number of amides is 1. The van der Waals surface area contributed by atoms with E-state index >= 15 is 0 Å². The van der Waals surface area contributed by atoms with E-state index in [1.54, 1.807) is 6.07 Å². The molecule has 6 nitrogen and oxygen atoms in total. The molecule has 2 aromatic carbocycles. The summed E-state index contributed by atoms with van der Waals surface area (Å²) in [5, 5.41) is 19.5. The summed E-state index contributed by atoms with van der Waals surface area (Å²) < 4.78 is 5.70. The first kappa shape index (κ1) is 17.8. The molecule has 0 aromatic heterocycles. The highest BCUT2D eigenvalue weighted by Crippen LogP contribution is 2.28. The van der Waals surface area contributed by atoms with Crippen LogP contribution in [0.3, 0.4) is 0 Å². The van der Waals surface area contributed by atoms with Crippen LogP contribution < -0.4 is 4.74 Å². The Morgan fingerprint density at radius 2 is 1.88 bits per heavy atom. The smallest absolute Gasteiger partial charge is 0.326 e. The average molecular weight is 355 g/mol. The quantitative estimate of drug-likeness (QED) is 0.861. The Balaban J connectivity index is 1.78. The molecule has 2 aromatic rings. The number of aliphatic carboxylic acids is 1. The molecule has 1 atom stereocenters. The van der Waals surface area contributed by atoms with E-state index in [1.807, 2.05) is 30.3 Å². The van der Waals surface area contributed by atoms with Gasteiger partial charge in [0.05, 0.1) is 5.56 Å². The molecule has 0 bridgehead atoms. The van der Waals surface area contributed by atoms with Gasteiger partial charge in [-0.1, -0.05) is 30.3 Å². The minimum absolute atomic E-state index is 0.0590. The van der Waals surface area contributed by atoms with Crippen molar-refractivity contribution < 1.29 is 24.5 Å². The lowest BCUT2D eigenvalue weighted by Gasteiger charge is -2.33. The highest BCUT2D eigenvalue weighted by Gasteiger charge is 2.33. The molecule has 0 spiro atoms. The van der Waals surface area contributed by atoms with Crippen LogP contribution in [-0.4, -0.2) is 39.6 Å². The molecule has 1 fully saturated rings. The van der Waals surface area contributed by atoms with Crippen molar-refractivity contribution in [3.63, 3.8) is 0 Å². The van der Waals surface area contributed by atoms with Crippen LogP contribution in [0.5, 0.6) is 11.5 Å². The Morgan fingerprint density at radius 1 is 1.12 bits per heavy atom. The lowest BCUT2D eigenvalue weighted by molar-refractivity contribution is -0.143. The summed E-state index contributed by atoms with van der Waals surface area (Å²) in [4.78, 5) is 25.6. The summed E-state index contributed by atoms with van der Waals surface area (Å²) in [6.45, 7) is 0.699. The minimum atomic E-state index is -1.02. The number of ether oxygens (including phenoxy) is 1.